The number of aliphatic carboxylic acids is 1. The molecule has 94 valence electrons. The maximum atomic E-state index is 13.3. The van der Waals surface area contributed by atoms with Gasteiger partial charge >= 0.3 is 12.1 Å². The van der Waals surface area contributed by atoms with Crippen LogP contribution in [0.3, 0.4) is 0 Å². The van der Waals surface area contributed by atoms with Crippen molar-refractivity contribution in [3.63, 3.8) is 0 Å². The predicted octanol–water partition coefficient (Wildman–Crippen LogP) is 1.80. The van der Waals surface area contributed by atoms with E-state index in [4.69, 9.17) is 10.8 Å². The molecular weight excluding hydrogens is 242 g/mol. The quantitative estimate of drug-likeness (QED) is 0.805. The molecule has 1 atom stereocenters. The van der Waals surface area contributed by atoms with E-state index in [1.54, 1.807) is 0 Å². The van der Waals surface area contributed by atoms with Crippen molar-refractivity contribution in [3.05, 3.63) is 35.1 Å². The van der Waals surface area contributed by atoms with Gasteiger partial charge in [-0.3, -0.25) is 4.79 Å². The van der Waals surface area contributed by atoms with Crippen LogP contribution in [0.2, 0.25) is 0 Å². The van der Waals surface area contributed by atoms with Crippen molar-refractivity contribution in [1.82, 2.24) is 0 Å². The molecule has 3 nitrogen and oxygen atoms in total. The minimum atomic E-state index is -4.74. The molecule has 0 aliphatic rings. The Morgan fingerprint density at radius 3 is 2.47 bits per heavy atom. The molecule has 0 radical (unpaired) electrons. The molecule has 17 heavy (non-hydrogen) atoms. The Hall–Kier alpha value is -1.63. The second-order valence-electron chi connectivity index (χ2n) is 3.41. The summed E-state index contributed by atoms with van der Waals surface area (Å²) in [6, 6.07) is 0.855. The van der Waals surface area contributed by atoms with E-state index in [1.165, 1.54) is 0 Å². The summed E-state index contributed by atoms with van der Waals surface area (Å²) in [6.07, 6.45) is -5.45. The average Bonchev–Trinajstić information content (AvgIpc) is 2.18. The zero-order valence-corrected chi connectivity index (χ0v) is 8.46. The lowest BCUT2D eigenvalue weighted by Crippen LogP contribution is -2.33. The fraction of sp³-hybridized carbons (Fsp3) is 0.300. The van der Waals surface area contributed by atoms with Crippen LogP contribution in [0.25, 0.3) is 0 Å². The zero-order chi connectivity index (χ0) is 13.2. The molecular formula is C10H9F4NO2. The normalized spacial score (nSPS) is 13.5. The molecule has 0 fully saturated rings. The molecule has 0 spiro atoms. The van der Waals surface area contributed by atoms with Gasteiger partial charge in [0.25, 0.3) is 0 Å². The Kier molecular flexibility index (Phi) is 3.72. The third-order valence-electron chi connectivity index (χ3n) is 2.17. The second kappa shape index (κ2) is 4.70. The van der Waals surface area contributed by atoms with Crippen molar-refractivity contribution < 1.29 is 27.5 Å². The van der Waals surface area contributed by atoms with Gasteiger partial charge in [0.05, 0.1) is 5.56 Å². The summed E-state index contributed by atoms with van der Waals surface area (Å²) < 4.78 is 50.8. The van der Waals surface area contributed by atoms with E-state index in [0.717, 1.165) is 12.1 Å². The number of nitrogens with two attached hydrogens (primary N) is 1. The molecule has 0 heterocycles. The number of hydrogen-bond acceptors (Lipinski definition) is 2. The van der Waals surface area contributed by atoms with Gasteiger partial charge in [0, 0.05) is 12.0 Å². The van der Waals surface area contributed by atoms with E-state index in [2.05, 4.69) is 0 Å². The molecule has 0 aliphatic carbocycles. The maximum absolute atomic E-state index is 13.3. The third kappa shape index (κ3) is 3.16. The van der Waals surface area contributed by atoms with E-state index in [0.29, 0.717) is 6.07 Å². The van der Waals surface area contributed by atoms with Gasteiger partial charge in [-0.2, -0.15) is 13.2 Å². The van der Waals surface area contributed by atoms with Crippen molar-refractivity contribution in [2.75, 3.05) is 0 Å². The van der Waals surface area contributed by atoms with Gasteiger partial charge < -0.3 is 10.8 Å². The third-order valence-corrected chi connectivity index (χ3v) is 2.17. The van der Waals surface area contributed by atoms with Gasteiger partial charge in [0.15, 0.2) is 0 Å². The molecule has 0 amide bonds. The summed E-state index contributed by atoms with van der Waals surface area (Å²) in [7, 11) is 0. The summed E-state index contributed by atoms with van der Waals surface area (Å²) in [4.78, 5) is 10.4. The number of benzene rings is 1. The molecule has 1 rings (SSSR count). The molecule has 1 aromatic carbocycles. The monoisotopic (exact) mass is 251 g/mol. The molecule has 0 saturated heterocycles. The Balaban J connectivity index is 3.17. The molecule has 1 aromatic rings. The zero-order valence-electron chi connectivity index (χ0n) is 8.46. The molecule has 3 N–H and O–H groups in total. The molecule has 0 unspecified atom stereocenters. The lowest BCUT2D eigenvalue weighted by Gasteiger charge is -2.15. The fourth-order valence-electron chi connectivity index (χ4n) is 1.34. The van der Waals surface area contributed by atoms with Crippen molar-refractivity contribution >= 4 is 5.97 Å². The van der Waals surface area contributed by atoms with Crippen LogP contribution >= 0.6 is 0 Å². The standard InChI is InChI=1S/C10H9F4NO2/c11-7-3-1-2-6(10(12,13)14)5(7)4-8(15)9(16)17/h1-3,8H,4,15H2,(H,16,17)/t8-/m1/s1. The summed E-state index contributed by atoms with van der Waals surface area (Å²) in [6.45, 7) is 0. The lowest BCUT2D eigenvalue weighted by molar-refractivity contribution is -0.141. The van der Waals surface area contributed by atoms with Crippen molar-refractivity contribution in [2.45, 2.75) is 18.6 Å². The molecule has 0 aliphatic heterocycles. The highest BCUT2D eigenvalue weighted by Crippen LogP contribution is 2.33. The second-order valence-corrected chi connectivity index (χ2v) is 3.41. The smallest absolute Gasteiger partial charge is 0.416 e. The summed E-state index contributed by atoms with van der Waals surface area (Å²) in [5.41, 5.74) is 3.17. The Bertz CT molecular complexity index is 431. The number of hydrogen-bond donors (Lipinski definition) is 2. The van der Waals surface area contributed by atoms with Gasteiger partial charge in [-0.25, -0.2) is 4.39 Å². The number of rotatable bonds is 3. The van der Waals surface area contributed by atoms with E-state index >= 15 is 0 Å². The van der Waals surface area contributed by atoms with Crippen LogP contribution in [0.1, 0.15) is 11.1 Å². The first-order valence-corrected chi connectivity index (χ1v) is 4.56. The van der Waals surface area contributed by atoms with Crippen molar-refractivity contribution in [2.24, 2.45) is 5.73 Å². The maximum Gasteiger partial charge on any atom is 0.416 e. The SMILES string of the molecule is N[C@H](Cc1c(F)cccc1C(F)(F)F)C(=O)O. The van der Waals surface area contributed by atoms with Crippen LogP contribution in [0, 0.1) is 5.82 Å². The number of halogens is 4. The van der Waals surface area contributed by atoms with Gasteiger partial charge in [0.2, 0.25) is 0 Å². The summed E-state index contributed by atoms with van der Waals surface area (Å²) in [5.74, 6) is -2.60. The molecule has 0 bridgehead atoms. The highest BCUT2D eigenvalue weighted by molar-refractivity contribution is 5.73. The van der Waals surface area contributed by atoms with Gasteiger partial charge in [-0.1, -0.05) is 6.07 Å². The van der Waals surface area contributed by atoms with Crippen LogP contribution < -0.4 is 5.73 Å². The van der Waals surface area contributed by atoms with E-state index < -0.39 is 41.6 Å². The average molecular weight is 251 g/mol. The molecule has 7 heteroatoms. The predicted molar refractivity (Wildman–Crippen MR) is 50.7 cm³/mol. The number of carboxylic acids is 1. The minimum Gasteiger partial charge on any atom is -0.480 e. The molecule has 0 aromatic heterocycles. The van der Waals surface area contributed by atoms with Crippen molar-refractivity contribution in [3.8, 4) is 0 Å². The largest absolute Gasteiger partial charge is 0.480 e. The minimum absolute atomic E-state index is 0.687. The topological polar surface area (TPSA) is 63.3 Å². The van der Waals surface area contributed by atoms with Gasteiger partial charge in [-0.15, -0.1) is 0 Å². The first-order valence-electron chi connectivity index (χ1n) is 4.56. The van der Waals surface area contributed by atoms with E-state index in [1.807, 2.05) is 0 Å². The van der Waals surface area contributed by atoms with Crippen LogP contribution in [0.5, 0.6) is 0 Å². The highest BCUT2D eigenvalue weighted by atomic mass is 19.4. The fourth-order valence-corrected chi connectivity index (χ4v) is 1.34. The van der Waals surface area contributed by atoms with E-state index in [9.17, 15) is 22.4 Å². The Morgan fingerprint density at radius 1 is 1.41 bits per heavy atom. The number of alkyl halides is 3. The Morgan fingerprint density at radius 2 is 2.00 bits per heavy atom. The molecule has 0 saturated carbocycles. The first kappa shape index (κ1) is 13.4. The first-order chi connectivity index (χ1) is 7.73. The van der Waals surface area contributed by atoms with Crippen molar-refractivity contribution in [1.29, 1.82) is 0 Å². The number of carboxylic acid groups (broad SMARTS) is 1. The van der Waals surface area contributed by atoms with Crippen LogP contribution in [-0.4, -0.2) is 17.1 Å². The lowest BCUT2D eigenvalue weighted by atomic mass is 9.99. The van der Waals surface area contributed by atoms with Crippen LogP contribution in [-0.2, 0) is 17.4 Å². The van der Waals surface area contributed by atoms with E-state index in [-0.39, 0.29) is 0 Å². The summed E-state index contributed by atoms with van der Waals surface area (Å²) >= 11 is 0. The van der Waals surface area contributed by atoms with Gasteiger partial charge in [0.1, 0.15) is 11.9 Å². The summed E-state index contributed by atoms with van der Waals surface area (Å²) in [5, 5.41) is 8.50. The van der Waals surface area contributed by atoms with Gasteiger partial charge in [-0.05, 0) is 12.1 Å². The van der Waals surface area contributed by atoms with Crippen LogP contribution in [0.15, 0.2) is 18.2 Å². The Labute approximate surface area is 93.8 Å². The van der Waals surface area contributed by atoms with Crippen LogP contribution in [0.4, 0.5) is 17.6 Å². The number of carbonyl (C=O) groups is 1. The highest BCUT2D eigenvalue weighted by Gasteiger charge is 2.35.